The van der Waals surface area contributed by atoms with E-state index in [1.54, 1.807) is 24.3 Å². The molecule has 0 spiro atoms. The van der Waals surface area contributed by atoms with Gasteiger partial charge < -0.3 is 14.6 Å². The summed E-state index contributed by atoms with van der Waals surface area (Å²) < 4.78 is 11.1. The number of hydrogen-bond donors (Lipinski definition) is 1. The van der Waals surface area contributed by atoms with Crippen molar-refractivity contribution in [1.82, 2.24) is 15.0 Å². The number of piperidine rings is 1. The van der Waals surface area contributed by atoms with E-state index in [9.17, 15) is 9.59 Å². The number of likely N-dealkylation sites (tertiary alicyclic amines) is 1. The predicted molar refractivity (Wildman–Crippen MR) is 122 cm³/mol. The summed E-state index contributed by atoms with van der Waals surface area (Å²) in [6.07, 6.45) is 1.69. The van der Waals surface area contributed by atoms with Crippen LogP contribution in [0.2, 0.25) is 0 Å². The van der Waals surface area contributed by atoms with E-state index in [1.165, 1.54) is 7.11 Å². The van der Waals surface area contributed by atoms with Crippen molar-refractivity contribution in [2.45, 2.75) is 19.4 Å². The van der Waals surface area contributed by atoms with Gasteiger partial charge in [-0.2, -0.15) is 4.98 Å². The Morgan fingerprint density at radius 3 is 2.91 bits per heavy atom. The highest BCUT2D eigenvalue weighted by Gasteiger charge is 2.27. The van der Waals surface area contributed by atoms with Crippen molar-refractivity contribution in [3.63, 3.8) is 0 Å². The summed E-state index contributed by atoms with van der Waals surface area (Å²) in [7, 11) is 1.33. The number of anilines is 1. The normalized spacial score (nSPS) is 16.5. The Kier molecular flexibility index (Phi) is 6.96. The second-order valence-corrected chi connectivity index (χ2v) is 8.57. The van der Waals surface area contributed by atoms with Gasteiger partial charge in [-0.25, -0.2) is 4.79 Å². The molecule has 4 rings (SSSR count). The second-order valence-electron chi connectivity index (χ2n) is 7.66. The molecule has 3 aromatic rings. The van der Waals surface area contributed by atoms with Crippen LogP contribution >= 0.6 is 15.9 Å². The zero-order chi connectivity index (χ0) is 22.5. The first-order chi connectivity index (χ1) is 15.5. The zero-order valence-corrected chi connectivity index (χ0v) is 19.2. The number of nitrogens with one attached hydrogen (secondary N) is 1. The molecule has 1 aliphatic rings. The minimum atomic E-state index is -0.438. The number of aromatic nitrogens is 2. The van der Waals surface area contributed by atoms with Gasteiger partial charge in [0.1, 0.15) is 0 Å². The average molecular weight is 499 g/mol. The summed E-state index contributed by atoms with van der Waals surface area (Å²) in [5, 5.41) is 7.00. The molecule has 1 N–H and O–H groups in total. The van der Waals surface area contributed by atoms with Crippen LogP contribution in [-0.2, 0) is 16.1 Å². The standard InChI is InChI=1S/C23H23BrN4O4/c1-31-23(30)16-6-3-9-19(12-16)25-22(29)17-7-4-10-28(13-17)14-20-26-21(27-32-20)15-5-2-8-18(24)11-15/h2-3,5-6,8-9,11-12,17H,4,7,10,13-14H2,1H3,(H,25,29). The van der Waals surface area contributed by atoms with E-state index in [0.29, 0.717) is 36.1 Å². The number of esters is 1. The van der Waals surface area contributed by atoms with Crippen LogP contribution in [0.1, 0.15) is 29.1 Å². The minimum Gasteiger partial charge on any atom is -0.465 e. The summed E-state index contributed by atoms with van der Waals surface area (Å²) in [4.78, 5) is 31.2. The molecule has 9 heteroatoms. The number of benzene rings is 2. The third kappa shape index (κ3) is 5.41. The first kappa shape index (κ1) is 22.2. The number of hydrogen-bond acceptors (Lipinski definition) is 7. The maximum Gasteiger partial charge on any atom is 0.337 e. The van der Waals surface area contributed by atoms with Gasteiger partial charge in [-0.15, -0.1) is 0 Å². The Morgan fingerprint density at radius 2 is 2.09 bits per heavy atom. The van der Waals surface area contributed by atoms with Crippen molar-refractivity contribution in [3.05, 3.63) is 64.5 Å². The van der Waals surface area contributed by atoms with Crippen molar-refractivity contribution in [2.75, 3.05) is 25.5 Å². The maximum absolute atomic E-state index is 12.8. The van der Waals surface area contributed by atoms with Crippen LogP contribution in [0.25, 0.3) is 11.4 Å². The van der Waals surface area contributed by atoms with E-state index >= 15 is 0 Å². The van der Waals surface area contributed by atoms with E-state index in [1.807, 2.05) is 24.3 Å². The van der Waals surface area contributed by atoms with Gasteiger partial charge in [-0.05, 0) is 49.7 Å². The number of ether oxygens (including phenoxy) is 1. The largest absolute Gasteiger partial charge is 0.465 e. The van der Waals surface area contributed by atoms with Gasteiger partial charge in [0.2, 0.25) is 17.6 Å². The van der Waals surface area contributed by atoms with Crippen LogP contribution in [-0.4, -0.2) is 47.1 Å². The third-order valence-electron chi connectivity index (χ3n) is 5.34. The van der Waals surface area contributed by atoms with Gasteiger partial charge >= 0.3 is 5.97 Å². The second kappa shape index (κ2) is 10.1. The molecule has 1 fully saturated rings. The summed E-state index contributed by atoms with van der Waals surface area (Å²) in [6.45, 7) is 1.94. The van der Waals surface area contributed by atoms with Gasteiger partial charge in [0.05, 0.1) is 25.1 Å². The van der Waals surface area contributed by atoms with Gasteiger partial charge in [0, 0.05) is 22.3 Å². The summed E-state index contributed by atoms with van der Waals surface area (Å²) in [6, 6.07) is 14.5. The molecule has 166 valence electrons. The van der Waals surface area contributed by atoms with Crippen LogP contribution < -0.4 is 5.32 Å². The third-order valence-corrected chi connectivity index (χ3v) is 5.83. The van der Waals surface area contributed by atoms with E-state index in [0.717, 1.165) is 29.4 Å². The van der Waals surface area contributed by atoms with Gasteiger partial charge in [-0.3, -0.25) is 9.69 Å². The number of nitrogens with zero attached hydrogens (tertiary/aromatic N) is 3. The fraction of sp³-hybridized carbons (Fsp3) is 0.304. The molecule has 1 amide bonds. The maximum atomic E-state index is 12.8. The van der Waals surface area contributed by atoms with Gasteiger partial charge in [0.15, 0.2) is 0 Å². The van der Waals surface area contributed by atoms with Crippen molar-refractivity contribution in [1.29, 1.82) is 0 Å². The smallest absolute Gasteiger partial charge is 0.337 e. The Bertz CT molecular complexity index is 1120. The van der Waals surface area contributed by atoms with Crippen LogP contribution in [0.15, 0.2) is 57.5 Å². The zero-order valence-electron chi connectivity index (χ0n) is 17.6. The van der Waals surface area contributed by atoms with E-state index in [4.69, 9.17) is 9.26 Å². The molecule has 2 heterocycles. The lowest BCUT2D eigenvalue weighted by atomic mass is 9.97. The van der Waals surface area contributed by atoms with Crippen LogP contribution in [0.4, 0.5) is 5.69 Å². The molecular weight excluding hydrogens is 476 g/mol. The lowest BCUT2D eigenvalue weighted by Gasteiger charge is -2.30. The highest BCUT2D eigenvalue weighted by molar-refractivity contribution is 9.10. The molecule has 0 saturated carbocycles. The lowest BCUT2D eigenvalue weighted by molar-refractivity contribution is -0.121. The number of methoxy groups -OCH3 is 1. The van der Waals surface area contributed by atoms with Crippen LogP contribution in [0, 0.1) is 5.92 Å². The van der Waals surface area contributed by atoms with E-state index in [-0.39, 0.29) is 11.8 Å². The molecule has 2 aromatic carbocycles. The van der Waals surface area contributed by atoms with Crippen molar-refractivity contribution in [3.8, 4) is 11.4 Å². The molecule has 0 aliphatic carbocycles. The minimum absolute atomic E-state index is 0.0722. The first-order valence-corrected chi connectivity index (χ1v) is 11.1. The number of rotatable bonds is 6. The summed E-state index contributed by atoms with van der Waals surface area (Å²) >= 11 is 3.45. The number of carbonyl (C=O) groups is 2. The highest BCUT2D eigenvalue weighted by Crippen LogP contribution is 2.23. The van der Waals surface area contributed by atoms with Crippen molar-refractivity contribution < 1.29 is 18.8 Å². The van der Waals surface area contributed by atoms with E-state index in [2.05, 4.69) is 36.3 Å². The summed E-state index contributed by atoms with van der Waals surface area (Å²) in [5.41, 5.74) is 1.85. The Labute approximate surface area is 194 Å². The van der Waals surface area contributed by atoms with Crippen molar-refractivity contribution in [2.24, 2.45) is 5.92 Å². The SMILES string of the molecule is COC(=O)c1cccc(NC(=O)C2CCCN(Cc3nc(-c4cccc(Br)c4)no3)C2)c1. The fourth-order valence-corrected chi connectivity index (χ4v) is 4.15. The summed E-state index contributed by atoms with van der Waals surface area (Å²) in [5.74, 6) is 0.381. The number of amides is 1. The molecule has 1 aliphatic heterocycles. The predicted octanol–water partition coefficient (Wildman–Crippen LogP) is 4.14. The molecule has 1 aromatic heterocycles. The topological polar surface area (TPSA) is 97.6 Å². The fourth-order valence-electron chi connectivity index (χ4n) is 3.75. The monoisotopic (exact) mass is 498 g/mol. The number of halogens is 1. The quantitative estimate of drug-likeness (QED) is 0.510. The molecule has 0 bridgehead atoms. The molecule has 1 saturated heterocycles. The van der Waals surface area contributed by atoms with Gasteiger partial charge in [-0.1, -0.05) is 39.3 Å². The van der Waals surface area contributed by atoms with Crippen LogP contribution in [0.5, 0.6) is 0 Å². The average Bonchev–Trinajstić information content (AvgIpc) is 3.27. The Balaban J connectivity index is 1.36. The molecule has 8 nitrogen and oxygen atoms in total. The van der Waals surface area contributed by atoms with E-state index < -0.39 is 5.97 Å². The lowest BCUT2D eigenvalue weighted by Crippen LogP contribution is -2.40. The van der Waals surface area contributed by atoms with Gasteiger partial charge in [0.25, 0.3) is 0 Å². The number of carbonyl (C=O) groups excluding carboxylic acids is 2. The first-order valence-electron chi connectivity index (χ1n) is 10.3. The Morgan fingerprint density at radius 1 is 1.25 bits per heavy atom. The van der Waals surface area contributed by atoms with Crippen LogP contribution in [0.3, 0.4) is 0 Å². The Hall–Kier alpha value is -3.04. The molecule has 1 atom stereocenters. The molecule has 32 heavy (non-hydrogen) atoms. The molecule has 0 radical (unpaired) electrons. The van der Waals surface area contributed by atoms with Crippen molar-refractivity contribution >= 4 is 33.5 Å². The molecule has 1 unspecified atom stereocenters. The molecular formula is C23H23BrN4O4. The highest BCUT2D eigenvalue weighted by atomic mass is 79.9.